The number of ether oxygens (including phenoxy) is 2. The predicted octanol–water partition coefficient (Wildman–Crippen LogP) is 5.15. The zero-order chi connectivity index (χ0) is 24.4. The van der Waals surface area contributed by atoms with E-state index in [2.05, 4.69) is 54.5 Å². The summed E-state index contributed by atoms with van der Waals surface area (Å²) < 4.78 is 13.0. The van der Waals surface area contributed by atoms with Crippen LogP contribution in [0.4, 0.5) is 5.82 Å². The van der Waals surface area contributed by atoms with Crippen molar-refractivity contribution >= 4 is 28.1 Å². The van der Waals surface area contributed by atoms with E-state index in [0.29, 0.717) is 17.3 Å². The fourth-order valence-electron chi connectivity index (χ4n) is 4.56. The summed E-state index contributed by atoms with van der Waals surface area (Å²) in [6.45, 7) is 8.49. The number of nitrogens with zero attached hydrogens (tertiary/aromatic N) is 5. The van der Waals surface area contributed by atoms with Gasteiger partial charge in [0.1, 0.15) is 11.6 Å². The van der Waals surface area contributed by atoms with Crippen LogP contribution < -0.4 is 14.8 Å². The maximum absolute atomic E-state index is 5.50. The second kappa shape index (κ2) is 10.2. The van der Waals surface area contributed by atoms with E-state index in [9.17, 15) is 0 Å². The molecule has 0 amide bonds. The number of benzene rings is 1. The molecule has 0 spiro atoms. The first-order chi connectivity index (χ1) is 17.0. The Hall–Kier alpha value is -3.17. The largest absolute Gasteiger partial charge is 0.493 e. The molecule has 0 radical (unpaired) electrons. The van der Waals surface area contributed by atoms with E-state index in [4.69, 9.17) is 9.47 Å². The minimum absolute atomic E-state index is 0.0656. The van der Waals surface area contributed by atoms with Crippen LogP contribution in [0, 0.1) is 6.92 Å². The smallest absolute Gasteiger partial charge is 0.162 e. The van der Waals surface area contributed by atoms with Gasteiger partial charge in [0.15, 0.2) is 11.5 Å². The van der Waals surface area contributed by atoms with Crippen LogP contribution in [0.3, 0.4) is 0 Å². The molecule has 1 unspecified atom stereocenters. The highest BCUT2D eigenvalue weighted by Crippen LogP contribution is 2.36. The van der Waals surface area contributed by atoms with Gasteiger partial charge < -0.3 is 19.7 Å². The van der Waals surface area contributed by atoms with Crippen LogP contribution in [0.1, 0.15) is 37.2 Å². The van der Waals surface area contributed by atoms with E-state index in [0.717, 1.165) is 35.4 Å². The van der Waals surface area contributed by atoms with Gasteiger partial charge in [-0.2, -0.15) is 5.10 Å². The van der Waals surface area contributed by atoms with Crippen molar-refractivity contribution in [2.45, 2.75) is 39.3 Å². The molecule has 4 heterocycles. The van der Waals surface area contributed by atoms with Crippen LogP contribution >= 0.6 is 11.3 Å². The lowest BCUT2D eigenvalue weighted by molar-refractivity contribution is 0.316. The molecule has 1 atom stereocenters. The van der Waals surface area contributed by atoms with Gasteiger partial charge in [0, 0.05) is 34.6 Å². The molecule has 1 aliphatic rings. The Bertz CT molecular complexity index is 1310. The highest BCUT2D eigenvalue weighted by Gasteiger charge is 2.16. The fourth-order valence-corrected chi connectivity index (χ4v) is 5.54. The molecule has 9 heteroatoms. The molecule has 35 heavy (non-hydrogen) atoms. The summed E-state index contributed by atoms with van der Waals surface area (Å²) >= 11 is 1.74. The maximum atomic E-state index is 5.50. The standard InChI is InChI=1S/C26H32N6O2S/c1-17(28-26-21-12-23(33-3)24(34-4)13-22(21)29-18(2)30-26)19-11-25(35-16-19)20-14-27-32(15-20)10-9-31-7-5-6-8-31/h11-17H,5-10H2,1-4H3,(H,28,29,30). The molecule has 8 nitrogen and oxygen atoms in total. The third-order valence-electron chi connectivity index (χ3n) is 6.55. The summed E-state index contributed by atoms with van der Waals surface area (Å²) in [5, 5.41) is 11.3. The molecule has 3 aromatic heterocycles. The Morgan fingerprint density at radius 3 is 2.60 bits per heavy atom. The molecule has 1 saturated heterocycles. The van der Waals surface area contributed by atoms with E-state index >= 15 is 0 Å². The number of rotatable bonds is 9. The van der Waals surface area contributed by atoms with Crippen molar-refractivity contribution < 1.29 is 9.47 Å². The van der Waals surface area contributed by atoms with Crippen LogP contribution in [0.5, 0.6) is 11.5 Å². The highest BCUT2D eigenvalue weighted by atomic mass is 32.1. The molecule has 1 aliphatic heterocycles. The van der Waals surface area contributed by atoms with Crippen LogP contribution in [0.2, 0.25) is 0 Å². The average Bonchev–Trinajstić information content (AvgIpc) is 3.63. The highest BCUT2D eigenvalue weighted by molar-refractivity contribution is 7.13. The van der Waals surface area contributed by atoms with Crippen molar-refractivity contribution in [2.75, 3.05) is 39.2 Å². The number of thiophene rings is 1. The van der Waals surface area contributed by atoms with Gasteiger partial charge in [0.25, 0.3) is 0 Å². The lowest BCUT2D eigenvalue weighted by Crippen LogP contribution is -2.24. The van der Waals surface area contributed by atoms with Crippen molar-refractivity contribution in [1.29, 1.82) is 0 Å². The molecule has 4 aromatic rings. The van der Waals surface area contributed by atoms with E-state index in [1.807, 2.05) is 25.3 Å². The average molecular weight is 493 g/mol. The van der Waals surface area contributed by atoms with Crippen molar-refractivity contribution in [2.24, 2.45) is 0 Å². The van der Waals surface area contributed by atoms with Crippen molar-refractivity contribution in [3.8, 4) is 21.9 Å². The zero-order valence-electron chi connectivity index (χ0n) is 20.7. The SMILES string of the molecule is COc1cc2nc(C)nc(NC(C)c3csc(-c4cnn(CCN5CCCC5)c4)c3)c2cc1OC. The number of likely N-dealkylation sites (tertiary alicyclic amines) is 1. The number of aromatic nitrogens is 4. The maximum Gasteiger partial charge on any atom is 0.162 e. The lowest BCUT2D eigenvalue weighted by Gasteiger charge is -2.17. The molecule has 1 fully saturated rings. The van der Waals surface area contributed by atoms with Gasteiger partial charge in [-0.3, -0.25) is 4.68 Å². The van der Waals surface area contributed by atoms with Crippen LogP contribution in [-0.4, -0.2) is 58.5 Å². The Kier molecular flexibility index (Phi) is 6.88. The molecule has 1 N–H and O–H groups in total. The topological polar surface area (TPSA) is 77.3 Å². The molecule has 5 rings (SSSR count). The molecule has 0 saturated carbocycles. The fraction of sp³-hybridized carbons (Fsp3) is 0.423. The number of hydrogen-bond donors (Lipinski definition) is 1. The second-order valence-corrected chi connectivity index (χ2v) is 9.91. The molecule has 184 valence electrons. The van der Waals surface area contributed by atoms with Crippen LogP contribution in [0.15, 0.2) is 36.0 Å². The number of anilines is 1. The van der Waals surface area contributed by atoms with Crippen LogP contribution in [-0.2, 0) is 6.54 Å². The second-order valence-electron chi connectivity index (χ2n) is 8.99. The summed E-state index contributed by atoms with van der Waals surface area (Å²) in [4.78, 5) is 13.0. The Balaban J connectivity index is 1.32. The van der Waals surface area contributed by atoms with E-state index in [1.54, 1.807) is 25.6 Å². The van der Waals surface area contributed by atoms with Gasteiger partial charge in [0.2, 0.25) is 0 Å². The number of methoxy groups -OCH3 is 2. The van der Waals surface area contributed by atoms with Gasteiger partial charge in [-0.25, -0.2) is 9.97 Å². The van der Waals surface area contributed by atoms with E-state index < -0.39 is 0 Å². The molecule has 0 bridgehead atoms. The number of fused-ring (bicyclic) bond motifs is 1. The van der Waals surface area contributed by atoms with Crippen molar-refractivity contribution in [1.82, 2.24) is 24.6 Å². The van der Waals surface area contributed by atoms with E-state index in [-0.39, 0.29) is 6.04 Å². The monoisotopic (exact) mass is 492 g/mol. The molecular weight excluding hydrogens is 460 g/mol. The predicted molar refractivity (Wildman–Crippen MR) is 141 cm³/mol. The van der Waals surface area contributed by atoms with Gasteiger partial charge in [-0.05, 0) is 62.9 Å². The Labute approximate surface area is 209 Å². The first-order valence-corrected chi connectivity index (χ1v) is 12.9. The summed E-state index contributed by atoms with van der Waals surface area (Å²) in [5.74, 6) is 2.79. The minimum Gasteiger partial charge on any atom is -0.493 e. The number of aryl methyl sites for hydroxylation is 1. The van der Waals surface area contributed by atoms with Crippen molar-refractivity contribution in [3.05, 3.63) is 47.4 Å². The van der Waals surface area contributed by atoms with Crippen LogP contribution in [0.25, 0.3) is 21.3 Å². The Morgan fingerprint density at radius 1 is 1.06 bits per heavy atom. The Morgan fingerprint density at radius 2 is 1.83 bits per heavy atom. The van der Waals surface area contributed by atoms with Gasteiger partial charge in [-0.1, -0.05) is 0 Å². The van der Waals surface area contributed by atoms with Gasteiger partial charge in [-0.15, -0.1) is 11.3 Å². The van der Waals surface area contributed by atoms with Gasteiger partial charge >= 0.3 is 0 Å². The summed E-state index contributed by atoms with van der Waals surface area (Å²) in [5.41, 5.74) is 3.19. The molecular formula is C26H32N6O2S. The zero-order valence-corrected chi connectivity index (χ0v) is 21.6. The molecule has 0 aliphatic carbocycles. The summed E-state index contributed by atoms with van der Waals surface area (Å²) in [6, 6.07) is 6.13. The first-order valence-electron chi connectivity index (χ1n) is 12.0. The van der Waals surface area contributed by atoms with Crippen molar-refractivity contribution in [3.63, 3.8) is 0 Å². The normalized spacial score (nSPS) is 15.0. The van der Waals surface area contributed by atoms with E-state index in [1.165, 1.54) is 36.4 Å². The third kappa shape index (κ3) is 5.11. The first kappa shape index (κ1) is 23.6. The number of hydrogen-bond acceptors (Lipinski definition) is 8. The molecule has 1 aromatic carbocycles. The third-order valence-corrected chi connectivity index (χ3v) is 7.55. The van der Waals surface area contributed by atoms with Gasteiger partial charge in [0.05, 0.1) is 38.5 Å². The summed E-state index contributed by atoms with van der Waals surface area (Å²) in [6.07, 6.45) is 6.77. The quantitative estimate of drug-likeness (QED) is 0.346. The lowest BCUT2D eigenvalue weighted by atomic mass is 10.1. The number of nitrogens with one attached hydrogen (secondary N) is 1. The summed E-state index contributed by atoms with van der Waals surface area (Å²) in [7, 11) is 3.26. The minimum atomic E-state index is 0.0656.